The van der Waals surface area contributed by atoms with Crippen molar-refractivity contribution >= 4 is 34.2 Å². The van der Waals surface area contributed by atoms with Gasteiger partial charge in [0, 0.05) is 55.9 Å². The number of amides is 1. The van der Waals surface area contributed by atoms with Crippen molar-refractivity contribution in [1.29, 1.82) is 0 Å². The van der Waals surface area contributed by atoms with Crippen molar-refractivity contribution in [3.63, 3.8) is 0 Å². The summed E-state index contributed by atoms with van der Waals surface area (Å²) >= 11 is 0. The molecular formula is C24H22FN7O2. The smallest absolute Gasteiger partial charge is 0.295 e. The average Bonchev–Trinajstić information content (AvgIpc) is 3.31. The molecule has 10 heteroatoms. The first-order valence-corrected chi connectivity index (χ1v) is 10.9. The molecule has 172 valence electrons. The lowest BCUT2D eigenvalue weighted by molar-refractivity contribution is -0.126. The van der Waals surface area contributed by atoms with E-state index < -0.39 is 11.7 Å². The van der Waals surface area contributed by atoms with Crippen molar-refractivity contribution in [3.8, 4) is 11.4 Å². The zero-order valence-electron chi connectivity index (χ0n) is 18.4. The van der Waals surface area contributed by atoms with E-state index in [9.17, 15) is 14.0 Å². The fourth-order valence-corrected chi connectivity index (χ4v) is 3.90. The van der Waals surface area contributed by atoms with Crippen molar-refractivity contribution in [2.75, 3.05) is 31.5 Å². The molecule has 0 saturated carbocycles. The molecule has 0 atom stereocenters. The lowest BCUT2D eigenvalue weighted by Gasteiger charge is -2.26. The fourth-order valence-electron chi connectivity index (χ4n) is 3.90. The minimum Gasteiger partial charge on any atom is -0.345 e. The number of rotatable bonds is 5. The van der Waals surface area contributed by atoms with Gasteiger partial charge in [-0.15, -0.1) is 0 Å². The summed E-state index contributed by atoms with van der Waals surface area (Å²) in [5.41, 5.74) is 2.75. The number of aryl methyl sites for hydroxylation is 1. The quantitative estimate of drug-likeness (QED) is 0.310. The number of hydrogen-bond donors (Lipinski definition) is 3. The van der Waals surface area contributed by atoms with Gasteiger partial charge in [-0.3, -0.25) is 9.59 Å². The lowest BCUT2D eigenvalue weighted by atomic mass is 10.1. The molecule has 0 unspecified atom stereocenters. The van der Waals surface area contributed by atoms with Gasteiger partial charge in [0.1, 0.15) is 17.3 Å². The van der Waals surface area contributed by atoms with Crippen LogP contribution in [0.25, 0.3) is 22.4 Å². The number of hydrogen-bond acceptors (Lipinski definition) is 7. The summed E-state index contributed by atoms with van der Waals surface area (Å²) < 4.78 is 13.3. The molecule has 0 bridgehead atoms. The first-order chi connectivity index (χ1) is 16.5. The summed E-state index contributed by atoms with van der Waals surface area (Å²) in [6.45, 7) is 4.15. The molecule has 9 nitrogen and oxygen atoms in total. The Morgan fingerprint density at radius 3 is 2.62 bits per heavy atom. The lowest BCUT2D eigenvalue weighted by Crippen LogP contribution is -2.48. The van der Waals surface area contributed by atoms with E-state index in [2.05, 4.69) is 30.6 Å². The van der Waals surface area contributed by atoms with Gasteiger partial charge in [0.05, 0.1) is 16.6 Å². The molecule has 5 rings (SSSR count). The third kappa shape index (κ3) is 4.11. The number of pyridine rings is 1. The Morgan fingerprint density at radius 1 is 1.09 bits per heavy atom. The molecule has 1 aromatic carbocycles. The second kappa shape index (κ2) is 8.99. The molecule has 0 spiro atoms. The van der Waals surface area contributed by atoms with E-state index in [1.165, 1.54) is 18.3 Å². The van der Waals surface area contributed by atoms with Gasteiger partial charge < -0.3 is 20.5 Å². The average molecular weight is 459 g/mol. The van der Waals surface area contributed by atoms with Crippen LogP contribution in [-0.2, 0) is 4.79 Å². The summed E-state index contributed by atoms with van der Waals surface area (Å²) in [5, 5.41) is 6.95. The first-order valence-electron chi connectivity index (χ1n) is 10.9. The summed E-state index contributed by atoms with van der Waals surface area (Å²) in [6.07, 6.45) is 4.79. The van der Waals surface area contributed by atoms with E-state index in [0.29, 0.717) is 60.1 Å². The summed E-state index contributed by atoms with van der Waals surface area (Å²) in [4.78, 5) is 43.8. The summed E-state index contributed by atoms with van der Waals surface area (Å²) in [7, 11) is 0. The number of carbonyl (C=O) groups excluding carboxylic acids is 2. The van der Waals surface area contributed by atoms with E-state index in [0.717, 1.165) is 5.56 Å². The maximum atomic E-state index is 13.3. The van der Waals surface area contributed by atoms with Gasteiger partial charge in [-0.1, -0.05) is 0 Å². The molecule has 1 aliphatic heterocycles. The first kappa shape index (κ1) is 21.7. The maximum Gasteiger partial charge on any atom is 0.295 e. The zero-order valence-corrected chi connectivity index (χ0v) is 18.4. The molecule has 1 aliphatic rings. The molecule has 4 heterocycles. The predicted octanol–water partition coefficient (Wildman–Crippen LogP) is 2.83. The number of carbonyl (C=O) groups is 2. The van der Waals surface area contributed by atoms with Crippen LogP contribution in [0.15, 0.2) is 48.9 Å². The highest BCUT2D eigenvalue weighted by atomic mass is 19.1. The van der Waals surface area contributed by atoms with E-state index in [-0.39, 0.29) is 11.4 Å². The Bertz CT molecular complexity index is 1380. The van der Waals surface area contributed by atoms with Crippen LogP contribution in [0, 0.1) is 12.7 Å². The number of anilines is 2. The zero-order chi connectivity index (χ0) is 23.7. The van der Waals surface area contributed by atoms with Crippen molar-refractivity contribution in [3.05, 3.63) is 65.9 Å². The van der Waals surface area contributed by atoms with Gasteiger partial charge in [-0.05, 0) is 37.3 Å². The molecule has 1 saturated heterocycles. The molecule has 1 amide bonds. The Kier molecular flexibility index (Phi) is 5.72. The van der Waals surface area contributed by atoms with Crippen molar-refractivity contribution in [2.45, 2.75) is 6.92 Å². The van der Waals surface area contributed by atoms with Crippen molar-refractivity contribution < 1.29 is 14.0 Å². The Morgan fingerprint density at radius 2 is 1.85 bits per heavy atom. The molecule has 0 aliphatic carbocycles. The number of fused-ring (bicyclic) bond motifs is 1. The van der Waals surface area contributed by atoms with E-state index in [1.807, 2.05) is 6.92 Å². The normalized spacial score (nSPS) is 13.8. The number of piperazine rings is 1. The number of nitrogens with zero attached hydrogens (tertiary/aromatic N) is 4. The van der Waals surface area contributed by atoms with Crippen LogP contribution < -0.4 is 10.6 Å². The monoisotopic (exact) mass is 459 g/mol. The predicted molar refractivity (Wildman–Crippen MR) is 125 cm³/mol. The Labute approximate surface area is 194 Å². The van der Waals surface area contributed by atoms with E-state index >= 15 is 0 Å². The van der Waals surface area contributed by atoms with Crippen molar-refractivity contribution in [2.24, 2.45) is 0 Å². The van der Waals surface area contributed by atoms with Gasteiger partial charge in [0.15, 0.2) is 5.82 Å². The third-order valence-corrected chi connectivity index (χ3v) is 5.74. The molecule has 34 heavy (non-hydrogen) atoms. The van der Waals surface area contributed by atoms with Crippen LogP contribution in [0.5, 0.6) is 0 Å². The number of benzene rings is 1. The largest absolute Gasteiger partial charge is 0.345 e. The van der Waals surface area contributed by atoms with Gasteiger partial charge in [-0.2, -0.15) is 0 Å². The van der Waals surface area contributed by atoms with E-state index in [1.54, 1.807) is 35.5 Å². The molecule has 0 radical (unpaired) electrons. The number of Topliss-reactive ketones (excluding diaryl/α,β-unsaturated/α-hetero) is 1. The fraction of sp³-hybridized carbons (Fsp3) is 0.208. The minimum absolute atomic E-state index is 0.250. The number of aromatic nitrogens is 4. The SMILES string of the molecule is Cc1cnc(-c2ccc(F)cc2)nc1Nc1ccnc2[nH]cc(C(=O)C(=O)N3CCNCC3)c12. The third-order valence-electron chi connectivity index (χ3n) is 5.74. The molecule has 3 aromatic heterocycles. The Balaban J connectivity index is 1.50. The number of halogens is 1. The standard InChI is InChI=1S/C24H22FN7O2/c1-14-12-28-22(15-2-4-16(25)5-3-15)31-21(14)30-18-6-7-27-23-19(18)17(13-29-23)20(33)24(34)32-10-8-26-9-11-32/h2-7,12-13,26H,8-11H2,1H3,(H2,27,28,29,30,31). The van der Waals surface area contributed by atoms with Crippen LogP contribution in [0.2, 0.25) is 0 Å². The summed E-state index contributed by atoms with van der Waals surface area (Å²) in [6, 6.07) is 7.65. The summed E-state index contributed by atoms with van der Waals surface area (Å²) in [5.74, 6) is -0.509. The van der Waals surface area contributed by atoms with Crippen LogP contribution in [-0.4, -0.2) is 62.7 Å². The molecular weight excluding hydrogens is 437 g/mol. The second-order valence-electron chi connectivity index (χ2n) is 8.01. The van der Waals surface area contributed by atoms with Gasteiger partial charge in [0.25, 0.3) is 11.7 Å². The molecule has 1 fully saturated rings. The highest BCUT2D eigenvalue weighted by Crippen LogP contribution is 2.30. The van der Waals surface area contributed by atoms with Gasteiger partial charge >= 0.3 is 0 Å². The number of nitrogens with one attached hydrogen (secondary N) is 3. The number of H-pyrrole nitrogens is 1. The van der Waals surface area contributed by atoms with Gasteiger partial charge in [0.2, 0.25) is 0 Å². The second-order valence-corrected chi connectivity index (χ2v) is 8.01. The van der Waals surface area contributed by atoms with Crippen LogP contribution in [0.3, 0.4) is 0 Å². The maximum absolute atomic E-state index is 13.3. The minimum atomic E-state index is -0.587. The highest BCUT2D eigenvalue weighted by Gasteiger charge is 2.27. The van der Waals surface area contributed by atoms with Crippen molar-refractivity contribution in [1.82, 2.24) is 30.2 Å². The van der Waals surface area contributed by atoms with Crippen LogP contribution >= 0.6 is 0 Å². The van der Waals surface area contributed by atoms with Crippen LogP contribution in [0.1, 0.15) is 15.9 Å². The molecule has 3 N–H and O–H groups in total. The topological polar surface area (TPSA) is 116 Å². The number of ketones is 1. The molecule has 4 aromatic rings. The van der Waals surface area contributed by atoms with E-state index in [4.69, 9.17) is 0 Å². The number of aromatic amines is 1. The highest BCUT2D eigenvalue weighted by molar-refractivity contribution is 6.45. The van der Waals surface area contributed by atoms with Crippen LogP contribution in [0.4, 0.5) is 15.9 Å². The Hall–Kier alpha value is -4.18. The van der Waals surface area contributed by atoms with Gasteiger partial charge in [-0.25, -0.2) is 19.3 Å².